The van der Waals surface area contributed by atoms with Crippen molar-refractivity contribution in [3.8, 4) is 0 Å². The van der Waals surface area contributed by atoms with Gasteiger partial charge in [0.05, 0.1) is 17.9 Å². The Kier molecular flexibility index (Phi) is 2.26. The molecule has 1 aliphatic heterocycles. The molecule has 0 spiro atoms. The number of allylic oxidation sites excluding steroid dienone is 1. The van der Waals surface area contributed by atoms with Gasteiger partial charge in [0.15, 0.2) is 0 Å². The van der Waals surface area contributed by atoms with Crippen molar-refractivity contribution in [2.24, 2.45) is 17.3 Å². The van der Waals surface area contributed by atoms with Gasteiger partial charge in [0.1, 0.15) is 5.76 Å². The third kappa shape index (κ3) is 1.23. The van der Waals surface area contributed by atoms with Gasteiger partial charge in [-0.2, -0.15) is 0 Å². The highest BCUT2D eigenvalue weighted by molar-refractivity contribution is 5.96. The molecule has 1 saturated carbocycles. The molecule has 4 rings (SSSR count). The Balaban J connectivity index is 2.12. The van der Waals surface area contributed by atoms with Gasteiger partial charge in [0.2, 0.25) is 11.6 Å². The van der Waals surface area contributed by atoms with E-state index >= 15 is 0 Å². The van der Waals surface area contributed by atoms with Crippen LogP contribution in [0, 0.1) is 17.3 Å². The molecule has 4 aliphatic rings. The van der Waals surface area contributed by atoms with E-state index in [9.17, 15) is 9.59 Å². The number of esters is 1. The lowest BCUT2D eigenvalue weighted by atomic mass is 9.58. The maximum Gasteiger partial charge on any atom is 0.307 e. The van der Waals surface area contributed by atoms with E-state index < -0.39 is 11.2 Å². The zero-order valence-corrected chi connectivity index (χ0v) is 10.7. The van der Waals surface area contributed by atoms with Crippen LogP contribution in [0.5, 0.6) is 0 Å². The second-order valence-electron chi connectivity index (χ2n) is 5.51. The summed E-state index contributed by atoms with van der Waals surface area (Å²) in [5.41, 5.74) is -0.656. The summed E-state index contributed by atoms with van der Waals surface area (Å²) in [6.45, 7) is 3.68. The molecule has 0 aromatic heterocycles. The van der Waals surface area contributed by atoms with Gasteiger partial charge < -0.3 is 14.2 Å². The highest BCUT2D eigenvalue weighted by atomic mass is 16.7. The maximum absolute atomic E-state index is 12.5. The normalized spacial score (nSPS) is 45.1. The standard InChI is InChI=1S/C13H16O5/c1-7(14)18-9-5-12(2)4-8-6-17-13(16-3,10(8)9)11(12)15/h5,8,10H,4,6H2,1-3H3/t8-,10+,12-,13+/m0/s1. The predicted molar refractivity (Wildman–Crippen MR) is 60.3 cm³/mol. The molecular formula is C13H16O5. The summed E-state index contributed by atoms with van der Waals surface area (Å²) in [5, 5.41) is 0. The number of hydrogen-bond acceptors (Lipinski definition) is 5. The summed E-state index contributed by atoms with van der Waals surface area (Å²) < 4.78 is 16.3. The van der Waals surface area contributed by atoms with E-state index in [1.54, 1.807) is 6.08 Å². The average molecular weight is 252 g/mol. The molecule has 1 saturated heterocycles. The first-order valence-corrected chi connectivity index (χ1v) is 6.08. The van der Waals surface area contributed by atoms with Crippen LogP contribution in [0.2, 0.25) is 0 Å². The summed E-state index contributed by atoms with van der Waals surface area (Å²) in [6, 6.07) is 0. The first-order chi connectivity index (χ1) is 8.43. The fraction of sp³-hybridized carbons (Fsp3) is 0.692. The van der Waals surface area contributed by atoms with E-state index in [0.29, 0.717) is 12.4 Å². The molecule has 0 N–H and O–H groups in total. The summed E-state index contributed by atoms with van der Waals surface area (Å²) in [4.78, 5) is 23.7. The zero-order valence-electron chi connectivity index (χ0n) is 10.7. The minimum Gasteiger partial charge on any atom is -0.431 e. The van der Waals surface area contributed by atoms with Crippen molar-refractivity contribution in [3.63, 3.8) is 0 Å². The largest absolute Gasteiger partial charge is 0.431 e. The second-order valence-corrected chi connectivity index (χ2v) is 5.51. The summed E-state index contributed by atoms with van der Waals surface area (Å²) in [5.74, 6) is -1.28. The minimum atomic E-state index is -1.25. The van der Waals surface area contributed by atoms with E-state index in [2.05, 4.69) is 0 Å². The topological polar surface area (TPSA) is 61.8 Å². The first-order valence-electron chi connectivity index (χ1n) is 6.08. The zero-order chi connectivity index (χ0) is 13.1. The molecule has 0 aromatic rings. The van der Waals surface area contributed by atoms with E-state index in [1.807, 2.05) is 6.92 Å². The molecule has 98 valence electrons. The van der Waals surface area contributed by atoms with Crippen LogP contribution in [0.3, 0.4) is 0 Å². The number of ketones is 1. The van der Waals surface area contributed by atoms with Crippen molar-refractivity contribution in [1.29, 1.82) is 0 Å². The molecule has 3 aliphatic carbocycles. The molecule has 0 radical (unpaired) electrons. The third-order valence-electron chi connectivity index (χ3n) is 4.25. The smallest absolute Gasteiger partial charge is 0.307 e. The van der Waals surface area contributed by atoms with Crippen molar-refractivity contribution in [2.45, 2.75) is 26.1 Å². The third-order valence-corrected chi connectivity index (χ3v) is 4.25. The van der Waals surface area contributed by atoms with Crippen molar-refractivity contribution in [3.05, 3.63) is 11.8 Å². The van der Waals surface area contributed by atoms with Gasteiger partial charge in [-0.25, -0.2) is 0 Å². The Labute approximate surface area is 105 Å². The molecule has 0 aromatic carbocycles. The maximum atomic E-state index is 12.5. The van der Waals surface area contributed by atoms with E-state index in [1.165, 1.54) is 14.0 Å². The van der Waals surface area contributed by atoms with Gasteiger partial charge in [0.25, 0.3) is 0 Å². The second kappa shape index (κ2) is 3.42. The van der Waals surface area contributed by atoms with Crippen LogP contribution in [0.15, 0.2) is 11.8 Å². The number of ether oxygens (including phenoxy) is 3. The van der Waals surface area contributed by atoms with Crippen LogP contribution in [0.1, 0.15) is 20.3 Å². The van der Waals surface area contributed by atoms with Gasteiger partial charge in [-0.15, -0.1) is 0 Å². The summed E-state index contributed by atoms with van der Waals surface area (Å²) in [7, 11) is 1.47. The fourth-order valence-corrected chi connectivity index (χ4v) is 3.63. The Bertz CT molecular complexity index is 468. The number of carbonyl (C=O) groups is 2. The van der Waals surface area contributed by atoms with Crippen LogP contribution in [-0.4, -0.2) is 31.3 Å². The van der Waals surface area contributed by atoms with Gasteiger partial charge in [0, 0.05) is 14.0 Å². The number of Topliss-reactive ketones (excluding diaryl/α,β-unsaturated/α-hetero) is 1. The molecule has 4 atom stereocenters. The fourth-order valence-electron chi connectivity index (χ4n) is 3.63. The summed E-state index contributed by atoms with van der Waals surface area (Å²) >= 11 is 0. The first kappa shape index (κ1) is 11.9. The Morgan fingerprint density at radius 3 is 2.89 bits per heavy atom. The highest BCUT2D eigenvalue weighted by Crippen LogP contribution is 2.59. The van der Waals surface area contributed by atoms with E-state index in [-0.39, 0.29) is 23.6 Å². The SMILES string of the molecule is CO[C@@]12OC[C@@H]3C[C@@](C)(C=C(OC(C)=O)[C@@H]31)C2=O. The van der Waals surface area contributed by atoms with Crippen LogP contribution in [-0.2, 0) is 23.8 Å². The quantitative estimate of drug-likeness (QED) is 0.687. The Hall–Kier alpha value is -1.20. The number of hydrogen-bond donors (Lipinski definition) is 0. The van der Waals surface area contributed by atoms with Crippen LogP contribution < -0.4 is 0 Å². The van der Waals surface area contributed by atoms with E-state index in [0.717, 1.165) is 6.42 Å². The van der Waals surface area contributed by atoms with Crippen molar-refractivity contribution >= 4 is 11.8 Å². The van der Waals surface area contributed by atoms with Gasteiger partial charge in [-0.3, -0.25) is 9.59 Å². The molecular weight excluding hydrogens is 236 g/mol. The number of carbonyl (C=O) groups excluding carboxylic acids is 2. The van der Waals surface area contributed by atoms with Crippen LogP contribution in [0.25, 0.3) is 0 Å². The molecule has 0 amide bonds. The highest BCUT2D eigenvalue weighted by Gasteiger charge is 2.69. The van der Waals surface area contributed by atoms with Gasteiger partial charge in [-0.1, -0.05) is 0 Å². The Morgan fingerprint density at radius 2 is 2.28 bits per heavy atom. The molecule has 5 heteroatoms. The van der Waals surface area contributed by atoms with Crippen molar-refractivity contribution in [1.82, 2.24) is 0 Å². The predicted octanol–water partition coefficient (Wildman–Crippen LogP) is 1.03. The molecule has 0 unspecified atom stereocenters. The number of rotatable bonds is 2. The van der Waals surface area contributed by atoms with Crippen molar-refractivity contribution in [2.75, 3.05) is 13.7 Å². The minimum absolute atomic E-state index is 0.0628. The molecule has 1 heterocycles. The lowest BCUT2D eigenvalue weighted by molar-refractivity contribution is -0.226. The monoisotopic (exact) mass is 252 g/mol. The van der Waals surface area contributed by atoms with Crippen molar-refractivity contribution < 1.29 is 23.8 Å². The molecule has 2 fully saturated rings. The Morgan fingerprint density at radius 1 is 1.56 bits per heavy atom. The van der Waals surface area contributed by atoms with E-state index in [4.69, 9.17) is 14.2 Å². The number of methoxy groups -OCH3 is 1. The van der Waals surface area contributed by atoms with Crippen LogP contribution in [0.4, 0.5) is 0 Å². The molecule has 4 bridgehead atoms. The average Bonchev–Trinajstić information content (AvgIpc) is 2.62. The molecule has 18 heavy (non-hydrogen) atoms. The van der Waals surface area contributed by atoms with Gasteiger partial charge in [-0.05, 0) is 25.3 Å². The lowest BCUT2D eigenvalue weighted by Gasteiger charge is -2.48. The lowest BCUT2D eigenvalue weighted by Crippen LogP contribution is -2.60. The molecule has 5 nitrogen and oxygen atoms in total. The van der Waals surface area contributed by atoms with Gasteiger partial charge >= 0.3 is 5.97 Å². The summed E-state index contributed by atoms with van der Waals surface area (Å²) in [6.07, 6.45) is 2.50. The van der Waals surface area contributed by atoms with Crippen LogP contribution >= 0.6 is 0 Å².